The third kappa shape index (κ3) is 2.24. The number of hydrogen-bond acceptors (Lipinski definition) is 3. The minimum atomic E-state index is 0.714. The lowest BCUT2D eigenvalue weighted by atomic mass is 10.0. The van der Waals surface area contributed by atoms with Crippen LogP contribution in [0.15, 0.2) is 34.5 Å². The first-order valence-electron chi connectivity index (χ1n) is 5.04. The zero-order valence-corrected chi connectivity index (χ0v) is 9.03. The molecule has 78 valence electrons. The number of methoxy groups -OCH3 is 1. The molecule has 3 nitrogen and oxygen atoms in total. The fourth-order valence-electron chi connectivity index (χ4n) is 1.53. The molecule has 0 atom stereocenters. The molecule has 1 heterocycles. The Labute approximate surface area is 89.5 Å². The van der Waals surface area contributed by atoms with E-state index in [1.807, 2.05) is 0 Å². The molecule has 0 amide bonds. The van der Waals surface area contributed by atoms with Crippen molar-refractivity contribution < 1.29 is 4.74 Å². The van der Waals surface area contributed by atoms with Gasteiger partial charge in [-0.1, -0.05) is 29.8 Å². The highest BCUT2D eigenvalue weighted by Gasteiger charge is 2.11. The van der Waals surface area contributed by atoms with Gasteiger partial charge < -0.3 is 4.74 Å². The Balaban J connectivity index is 2.22. The molecule has 0 spiro atoms. The molecule has 0 saturated carbocycles. The molecule has 1 aliphatic heterocycles. The Morgan fingerprint density at radius 3 is 2.33 bits per heavy atom. The standard InChI is InChI=1S/C12H14N2O/c1-9-3-5-10(6-4-9)11-7-8-12(15-2)14-13-11/h3-6H,7-8H2,1-2H3. The van der Waals surface area contributed by atoms with E-state index in [0.717, 1.165) is 24.1 Å². The van der Waals surface area contributed by atoms with E-state index in [1.165, 1.54) is 5.56 Å². The van der Waals surface area contributed by atoms with Crippen LogP contribution in [0.2, 0.25) is 0 Å². The summed E-state index contributed by atoms with van der Waals surface area (Å²) in [4.78, 5) is 0. The highest BCUT2D eigenvalue weighted by Crippen LogP contribution is 2.13. The Morgan fingerprint density at radius 2 is 1.80 bits per heavy atom. The predicted molar refractivity (Wildman–Crippen MR) is 61.4 cm³/mol. The van der Waals surface area contributed by atoms with Crippen LogP contribution in [0.5, 0.6) is 0 Å². The maximum atomic E-state index is 5.04. The molecule has 0 aromatic heterocycles. The van der Waals surface area contributed by atoms with Gasteiger partial charge in [0.15, 0.2) is 0 Å². The van der Waals surface area contributed by atoms with Crippen molar-refractivity contribution in [3.8, 4) is 0 Å². The fourth-order valence-corrected chi connectivity index (χ4v) is 1.53. The molecule has 15 heavy (non-hydrogen) atoms. The van der Waals surface area contributed by atoms with Crippen molar-refractivity contribution in [3.63, 3.8) is 0 Å². The maximum absolute atomic E-state index is 5.04. The van der Waals surface area contributed by atoms with Crippen LogP contribution >= 0.6 is 0 Å². The van der Waals surface area contributed by atoms with Gasteiger partial charge in [0.2, 0.25) is 5.90 Å². The van der Waals surface area contributed by atoms with Gasteiger partial charge in [-0.2, -0.15) is 5.10 Å². The summed E-state index contributed by atoms with van der Waals surface area (Å²) in [6, 6.07) is 8.35. The average molecular weight is 202 g/mol. The van der Waals surface area contributed by atoms with Gasteiger partial charge >= 0.3 is 0 Å². The molecule has 0 fully saturated rings. The summed E-state index contributed by atoms with van der Waals surface area (Å²) in [5.74, 6) is 0.714. The van der Waals surface area contributed by atoms with Gasteiger partial charge in [0.25, 0.3) is 0 Å². The van der Waals surface area contributed by atoms with E-state index in [-0.39, 0.29) is 0 Å². The number of rotatable bonds is 1. The van der Waals surface area contributed by atoms with Crippen molar-refractivity contribution in [1.82, 2.24) is 0 Å². The van der Waals surface area contributed by atoms with Crippen molar-refractivity contribution in [3.05, 3.63) is 35.4 Å². The van der Waals surface area contributed by atoms with Crippen LogP contribution in [-0.4, -0.2) is 18.7 Å². The summed E-state index contributed by atoms with van der Waals surface area (Å²) in [5.41, 5.74) is 3.45. The minimum Gasteiger partial charge on any atom is -0.483 e. The van der Waals surface area contributed by atoms with E-state index in [2.05, 4.69) is 41.4 Å². The summed E-state index contributed by atoms with van der Waals surface area (Å²) in [7, 11) is 1.63. The second-order valence-electron chi connectivity index (χ2n) is 3.61. The lowest BCUT2D eigenvalue weighted by molar-refractivity contribution is 0.387. The SMILES string of the molecule is COC1=NN=C(c2ccc(C)cc2)CC1. The van der Waals surface area contributed by atoms with Crippen LogP contribution in [0.1, 0.15) is 24.0 Å². The van der Waals surface area contributed by atoms with Crippen molar-refractivity contribution in [1.29, 1.82) is 0 Å². The molecule has 0 unspecified atom stereocenters. The molecule has 1 aliphatic rings. The molecule has 1 aromatic carbocycles. The first kappa shape index (κ1) is 9.90. The first-order valence-corrected chi connectivity index (χ1v) is 5.04. The summed E-state index contributed by atoms with van der Waals surface area (Å²) < 4.78 is 5.04. The molecule has 0 aliphatic carbocycles. The number of nitrogens with zero attached hydrogens (tertiary/aromatic N) is 2. The van der Waals surface area contributed by atoms with Crippen LogP contribution in [0.3, 0.4) is 0 Å². The van der Waals surface area contributed by atoms with E-state index >= 15 is 0 Å². The number of aryl methyl sites for hydroxylation is 1. The quantitative estimate of drug-likeness (QED) is 0.689. The molecule has 1 aromatic rings. The maximum Gasteiger partial charge on any atom is 0.208 e. The van der Waals surface area contributed by atoms with Crippen LogP contribution in [0.4, 0.5) is 0 Å². The van der Waals surface area contributed by atoms with Crippen LogP contribution < -0.4 is 0 Å². The molecular formula is C12H14N2O. The van der Waals surface area contributed by atoms with Gasteiger partial charge in [0.1, 0.15) is 0 Å². The van der Waals surface area contributed by atoms with Gasteiger partial charge in [0, 0.05) is 12.8 Å². The van der Waals surface area contributed by atoms with Crippen molar-refractivity contribution in [2.24, 2.45) is 10.2 Å². The van der Waals surface area contributed by atoms with Crippen LogP contribution in [0, 0.1) is 6.92 Å². The first-order chi connectivity index (χ1) is 7.29. The van der Waals surface area contributed by atoms with Crippen LogP contribution in [0.25, 0.3) is 0 Å². The largest absolute Gasteiger partial charge is 0.483 e. The van der Waals surface area contributed by atoms with Crippen molar-refractivity contribution >= 4 is 11.6 Å². The van der Waals surface area contributed by atoms with E-state index in [1.54, 1.807) is 7.11 Å². The van der Waals surface area contributed by atoms with E-state index in [9.17, 15) is 0 Å². The summed E-state index contributed by atoms with van der Waals surface area (Å²) in [6.07, 6.45) is 1.74. The Bertz CT molecular complexity index is 404. The smallest absolute Gasteiger partial charge is 0.208 e. The summed E-state index contributed by atoms with van der Waals surface area (Å²) in [6.45, 7) is 2.08. The number of ether oxygens (including phenoxy) is 1. The molecule has 0 bridgehead atoms. The fraction of sp³-hybridized carbons (Fsp3) is 0.333. The number of benzene rings is 1. The topological polar surface area (TPSA) is 34.0 Å². The summed E-state index contributed by atoms with van der Waals surface area (Å²) in [5, 5.41) is 8.17. The average Bonchev–Trinajstić information content (AvgIpc) is 2.30. The van der Waals surface area contributed by atoms with E-state index in [4.69, 9.17) is 4.74 Å². The highest BCUT2D eigenvalue weighted by atomic mass is 16.5. The lowest BCUT2D eigenvalue weighted by Crippen LogP contribution is -2.11. The zero-order chi connectivity index (χ0) is 10.7. The Morgan fingerprint density at radius 1 is 1.07 bits per heavy atom. The van der Waals surface area contributed by atoms with Crippen molar-refractivity contribution in [2.75, 3.05) is 7.11 Å². The zero-order valence-electron chi connectivity index (χ0n) is 9.03. The van der Waals surface area contributed by atoms with Gasteiger partial charge in [-0.15, -0.1) is 5.10 Å². The van der Waals surface area contributed by atoms with E-state index < -0.39 is 0 Å². The third-order valence-electron chi connectivity index (χ3n) is 2.48. The normalized spacial score (nSPS) is 15.6. The molecule has 3 heteroatoms. The number of hydrogen-bond donors (Lipinski definition) is 0. The lowest BCUT2D eigenvalue weighted by Gasteiger charge is -2.11. The predicted octanol–water partition coefficient (Wildman–Crippen LogP) is 2.54. The van der Waals surface area contributed by atoms with E-state index in [0.29, 0.717) is 5.90 Å². The molecule has 0 radical (unpaired) electrons. The highest BCUT2D eigenvalue weighted by molar-refractivity contribution is 6.03. The van der Waals surface area contributed by atoms with Gasteiger partial charge in [-0.3, -0.25) is 0 Å². The molecular weight excluding hydrogens is 188 g/mol. The minimum absolute atomic E-state index is 0.714. The Hall–Kier alpha value is -1.64. The monoisotopic (exact) mass is 202 g/mol. The second kappa shape index (κ2) is 4.26. The summed E-state index contributed by atoms with van der Waals surface area (Å²) >= 11 is 0. The van der Waals surface area contributed by atoms with Gasteiger partial charge in [0.05, 0.1) is 12.8 Å². The van der Waals surface area contributed by atoms with Crippen molar-refractivity contribution in [2.45, 2.75) is 19.8 Å². The third-order valence-corrected chi connectivity index (χ3v) is 2.48. The molecule has 2 rings (SSSR count). The second-order valence-corrected chi connectivity index (χ2v) is 3.61. The van der Waals surface area contributed by atoms with Gasteiger partial charge in [-0.05, 0) is 12.5 Å². The molecule has 0 N–H and O–H groups in total. The Kier molecular flexibility index (Phi) is 2.81. The van der Waals surface area contributed by atoms with Gasteiger partial charge in [-0.25, -0.2) is 0 Å². The molecule has 0 saturated heterocycles. The van der Waals surface area contributed by atoms with Crippen LogP contribution in [-0.2, 0) is 4.74 Å².